The lowest BCUT2D eigenvalue weighted by Gasteiger charge is -2.07. The van der Waals surface area contributed by atoms with Crippen LogP contribution in [0, 0.1) is 11.6 Å². The van der Waals surface area contributed by atoms with Gasteiger partial charge in [0, 0.05) is 19.2 Å². The highest BCUT2D eigenvalue weighted by molar-refractivity contribution is 5.94. The van der Waals surface area contributed by atoms with Crippen LogP contribution in [0.25, 0.3) is 0 Å². The second kappa shape index (κ2) is 7.49. The van der Waals surface area contributed by atoms with E-state index >= 15 is 0 Å². The van der Waals surface area contributed by atoms with E-state index in [1.54, 1.807) is 12.1 Å². The fourth-order valence-electron chi connectivity index (χ4n) is 2.05. The number of carbonyl (C=O) groups is 2. The van der Waals surface area contributed by atoms with Crippen LogP contribution in [-0.4, -0.2) is 18.4 Å². The molecule has 0 aliphatic carbocycles. The predicted octanol–water partition coefficient (Wildman–Crippen LogP) is 2.90. The summed E-state index contributed by atoms with van der Waals surface area (Å²) in [6.07, 6.45) is 0.531. The van der Waals surface area contributed by atoms with Gasteiger partial charge in [-0.2, -0.15) is 0 Å². The first-order valence-electron chi connectivity index (χ1n) is 7.06. The van der Waals surface area contributed by atoms with E-state index < -0.39 is 17.5 Å². The molecule has 0 radical (unpaired) electrons. The molecule has 120 valence electrons. The maximum atomic E-state index is 13.5. The number of carbonyl (C=O) groups excluding carboxylic acids is 2. The number of halogens is 2. The lowest BCUT2D eigenvalue weighted by molar-refractivity contribution is -0.114. The van der Waals surface area contributed by atoms with Crippen molar-refractivity contribution in [3.05, 3.63) is 65.2 Å². The lowest BCUT2D eigenvalue weighted by atomic mass is 10.1. The second-order valence-electron chi connectivity index (χ2n) is 4.99. The Bertz CT molecular complexity index is 715. The molecule has 0 unspecified atom stereocenters. The van der Waals surface area contributed by atoms with Gasteiger partial charge in [0.2, 0.25) is 5.91 Å². The number of rotatable bonds is 5. The van der Waals surface area contributed by atoms with Gasteiger partial charge in [-0.25, -0.2) is 8.78 Å². The van der Waals surface area contributed by atoms with E-state index in [-0.39, 0.29) is 18.0 Å². The standard InChI is InChI=1S/C17H16F2N2O2/c1-11(22)21-13-7-5-12(6-8-13)9-10-20-17(23)14-3-2-4-15(18)16(14)19/h2-8H,9-10H2,1H3,(H,20,23)(H,21,22). The van der Waals surface area contributed by atoms with Gasteiger partial charge in [0.1, 0.15) is 0 Å². The molecule has 0 atom stereocenters. The Morgan fingerprint density at radius 2 is 1.74 bits per heavy atom. The topological polar surface area (TPSA) is 58.2 Å². The maximum Gasteiger partial charge on any atom is 0.254 e. The molecule has 4 nitrogen and oxygen atoms in total. The predicted molar refractivity (Wildman–Crippen MR) is 83.1 cm³/mol. The fraction of sp³-hybridized carbons (Fsp3) is 0.176. The van der Waals surface area contributed by atoms with Crippen LogP contribution in [0.15, 0.2) is 42.5 Å². The van der Waals surface area contributed by atoms with E-state index in [1.807, 2.05) is 12.1 Å². The first-order valence-corrected chi connectivity index (χ1v) is 7.06. The van der Waals surface area contributed by atoms with Crippen molar-refractivity contribution >= 4 is 17.5 Å². The zero-order chi connectivity index (χ0) is 16.8. The molecule has 0 aromatic heterocycles. The molecule has 0 bridgehead atoms. The molecule has 0 saturated carbocycles. The van der Waals surface area contributed by atoms with Crippen LogP contribution in [0.4, 0.5) is 14.5 Å². The van der Waals surface area contributed by atoms with Crippen molar-refractivity contribution in [2.75, 3.05) is 11.9 Å². The third-order valence-corrected chi connectivity index (χ3v) is 3.17. The van der Waals surface area contributed by atoms with Gasteiger partial charge in [0.25, 0.3) is 5.91 Å². The van der Waals surface area contributed by atoms with Crippen molar-refractivity contribution in [2.45, 2.75) is 13.3 Å². The minimum Gasteiger partial charge on any atom is -0.352 e. The summed E-state index contributed by atoms with van der Waals surface area (Å²) in [7, 11) is 0. The molecular weight excluding hydrogens is 302 g/mol. The highest BCUT2D eigenvalue weighted by Crippen LogP contribution is 2.12. The average molecular weight is 318 g/mol. The van der Waals surface area contributed by atoms with Gasteiger partial charge in [-0.1, -0.05) is 18.2 Å². The summed E-state index contributed by atoms with van der Waals surface area (Å²) in [5.41, 5.74) is 1.32. The van der Waals surface area contributed by atoms with Crippen molar-refractivity contribution in [1.82, 2.24) is 5.32 Å². The molecule has 0 aliphatic rings. The summed E-state index contributed by atoms with van der Waals surface area (Å²) < 4.78 is 26.6. The van der Waals surface area contributed by atoms with Crippen molar-refractivity contribution in [3.8, 4) is 0 Å². The molecule has 2 aromatic carbocycles. The molecular formula is C17H16F2N2O2. The Hall–Kier alpha value is -2.76. The number of anilines is 1. The van der Waals surface area contributed by atoms with Crippen LogP contribution in [0.1, 0.15) is 22.8 Å². The van der Waals surface area contributed by atoms with Crippen molar-refractivity contribution in [1.29, 1.82) is 0 Å². The van der Waals surface area contributed by atoms with E-state index in [9.17, 15) is 18.4 Å². The van der Waals surface area contributed by atoms with Gasteiger partial charge in [-0.3, -0.25) is 9.59 Å². The van der Waals surface area contributed by atoms with E-state index in [2.05, 4.69) is 10.6 Å². The summed E-state index contributed by atoms with van der Waals surface area (Å²) in [5, 5.41) is 5.20. The number of hydrogen-bond acceptors (Lipinski definition) is 2. The third-order valence-electron chi connectivity index (χ3n) is 3.17. The smallest absolute Gasteiger partial charge is 0.254 e. The zero-order valence-electron chi connectivity index (χ0n) is 12.5. The number of nitrogens with one attached hydrogen (secondary N) is 2. The highest BCUT2D eigenvalue weighted by atomic mass is 19.2. The molecule has 0 fully saturated rings. The van der Waals surface area contributed by atoms with Crippen LogP contribution in [0.2, 0.25) is 0 Å². The molecule has 2 aromatic rings. The second-order valence-corrected chi connectivity index (χ2v) is 4.99. The number of benzene rings is 2. The fourth-order valence-corrected chi connectivity index (χ4v) is 2.05. The molecule has 0 spiro atoms. The van der Waals surface area contributed by atoms with Gasteiger partial charge in [0.15, 0.2) is 11.6 Å². The summed E-state index contributed by atoms with van der Waals surface area (Å²) in [6.45, 7) is 1.71. The minimum absolute atomic E-state index is 0.151. The minimum atomic E-state index is -1.15. The van der Waals surface area contributed by atoms with Gasteiger partial charge in [-0.05, 0) is 36.2 Å². The highest BCUT2D eigenvalue weighted by Gasteiger charge is 2.14. The van der Waals surface area contributed by atoms with E-state index in [4.69, 9.17) is 0 Å². The first-order chi connectivity index (χ1) is 11.0. The molecule has 0 saturated heterocycles. The molecule has 6 heteroatoms. The van der Waals surface area contributed by atoms with Crippen LogP contribution in [0.5, 0.6) is 0 Å². The largest absolute Gasteiger partial charge is 0.352 e. The third kappa shape index (κ3) is 4.60. The van der Waals surface area contributed by atoms with Gasteiger partial charge in [-0.15, -0.1) is 0 Å². The van der Waals surface area contributed by atoms with Gasteiger partial charge < -0.3 is 10.6 Å². The SMILES string of the molecule is CC(=O)Nc1ccc(CCNC(=O)c2cccc(F)c2F)cc1. The van der Waals surface area contributed by atoms with Crippen LogP contribution < -0.4 is 10.6 Å². The van der Waals surface area contributed by atoms with Crippen molar-refractivity contribution in [2.24, 2.45) is 0 Å². The summed E-state index contributed by atoms with van der Waals surface area (Å²) >= 11 is 0. The average Bonchev–Trinajstić information content (AvgIpc) is 2.51. The molecule has 0 aliphatic heterocycles. The number of hydrogen-bond donors (Lipinski definition) is 2. The zero-order valence-corrected chi connectivity index (χ0v) is 12.5. The van der Waals surface area contributed by atoms with E-state index in [0.29, 0.717) is 12.1 Å². The molecule has 0 heterocycles. The monoisotopic (exact) mass is 318 g/mol. The summed E-state index contributed by atoms with van der Waals surface area (Å²) in [5.74, 6) is -3.00. The van der Waals surface area contributed by atoms with Crippen LogP contribution in [0.3, 0.4) is 0 Å². The Kier molecular flexibility index (Phi) is 5.41. The Labute approximate surface area is 132 Å². The normalized spacial score (nSPS) is 10.2. The van der Waals surface area contributed by atoms with E-state index in [0.717, 1.165) is 11.6 Å². The molecule has 2 N–H and O–H groups in total. The number of amides is 2. The van der Waals surface area contributed by atoms with Crippen LogP contribution in [-0.2, 0) is 11.2 Å². The quantitative estimate of drug-likeness (QED) is 0.890. The molecule has 2 amide bonds. The van der Waals surface area contributed by atoms with E-state index in [1.165, 1.54) is 19.1 Å². The van der Waals surface area contributed by atoms with Crippen LogP contribution >= 0.6 is 0 Å². The Morgan fingerprint density at radius 3 is 2.39 bits per heavy atom. The summed E-state index contributed by atoms with van der Waals surface area (Å²) in [4.78, 5) is 22.7. The van der Waals surface area contributed by atoms with Gasteiger partial charge >= 0.3 is 0 Å². The van der Waals surface area contributed by atoms with Crippen molar-refractivity contribution < 1.29 is 18.4 Å². The lowest BCUT2D eigenvalue weighted by Crippen LogP contribution is -2.26. The Morgan fingerprint density at radius 1 is 1.04 bits per heavy atom. The first kappa shape index (κ1) is 16.6. The van der Waals surface area contributed by atoms with Gasteiger partial charge in [0.05, 0.1) is 5.56 Å². The molecule has 2 rings (SSSR count). The van der Waals surface area contributed by atoms with Crippen molar-refractivity contribution in [3.63, 3.8) is 0 Å². The Balaban J connectivity index is 1.88. The summed E-state index contributed by atoms with van der Waals surface area (Å²) in [6, 6.07) is 10.6. The molecule has 23 heavy (non-hydrogen) atoms. The maximum absolute atomic E-state index is 13.5.